The minimum Gasteiger partial charge on any atom is -0.356 e. The van der Waals surface area contributed by atoms with Gasteiger partial charge < -0.3 is 9.80 Å². The molecule has 0 saturated carbocycles. The number of carbonyl (C=O) groups excluding carboxylic acids is 2. The second-order valence-electron chi connectivity index (χ2n) is 8.22. The Bertz CT molecular complexity index is 902. The van der Waals surface area contributed by atoms with Crippen molar-refractivity contribution >= 4 is 28.7 Å². The Kier molecular flexibility index (Phi) is 4.73. The van der Waals surface area contributed by atoms with E-state index in [0.717, 1.165) is 29.8 Å². The maximum atomic E-state index is 13.2. The summed E-state index contributed by atoms with van der Waals surface area (Å²) >= 11 is 0. The van der Waals surface area contributed by atoms with Gasteiger partial charge in [0.05, 0.1) is 5.52 Å². The van der Waals surface area contributed by atoms with Crippen molar-refractivity contribution in [3.63, 3.8) is 0 Å². The molecule has 1 aromatic heterocycles. The second kappa shape index (κ2) is 7.08. The molecule has 6 heteroatoms. The van der Waals surface area contributed by atoms with Gasteiger partial charge in [-0.25, -0.2) is 9.78 Å². The number of pyridine rings is 1. The molecule has 2 aromatic rings. The average Bonchev–Trinajstić information content (AvgIpc) is 2.89. The van der Waals surface area contributed by atoms with Crippen molar-refractivity contribution < 1.29 is 9.59 Å². The number of hydrogen-bond donors (Lipinski definition) is 0. The van der Waals surface area contributed by atoms with Crippen molar-refractivity contribution in [2.75, 3.05) is 31.1 Å². The van der Waals surface area contributed by atoms with Crippen molar-refractivity contribution in [3.8, 4) is 0 Å². The number of aromatic nitrogens is 1. The monoisotopic (exact) mass is 380 g/mol. The first-order chi connectivity index (χ1) is 13.5. The van der Waals surface area contributed by atoms with Crippen LogP contribution >= 0.6 is 0 Å². The van der Waals surface area contributed by atoms with E-state index in [2.05, 4.69) is 30.9 Å². The third-order valence-electron chi connectivity index (χ3n) is 5.98. The lowest BCUT2D eigenvalue weighted by molar-refractivity contribution is -0.134. The van der Waals surface area contributed by atoms with Crippen LogP contribution in [0.25, 0.3) is 10.9 Å². The molecule has 1 aromatic carbocycles. The molecule has 0 N–H and O–H groups in total. The van der Waals surface area contributed by atoms with Crippen LogP contribution in [0, 0.1) is 5.92 Å². The highest BCUT2D eigenvalue weighted by Gasteiger charge is 2.57. The van der Waals surface area contributed by atoms with Gasteiger partial charge in [-0.05, 0) is 43.9 Å². The van der Waals surface area contributed by atoms with Crippen LogP contribution < -0.4 is 4.90 Å². The minimum atomic E-state index is -0.690. The number of anilines is 1. The van der Waals surface area contributed by atoms with Gasteiger partial charge in [-0.3, -0.25) is 9.69 Å². The van der Waals surface area contributed by atoms with E-state index >= 15 is 0 Å². The number of carbonyl (C=O) groups is 2. The molecule has 2 fully saturated rings. The van der Waals surface area contributed by atoms with Crippen molar-refractivity contribution in [1.29, 1.82) is 0 Å². The van der Waals surface area contributed by atoms with Crippen LogP contribution in [0.4, 0.5) is 10.6 Å². The molecule has 0 bridgehead atoms. The van der Waals surface area contributed by atoms with Gasteiger partial charge >= 0.3 is 6.03 Å². The molecule has 0 unspecified atom stereocenters. The molecule has 148 valence electrons. The van der Waals surface area contributed by atoms with Crippen LogP contribution in [0.5, 0.6) is 0 Å². The lowest BCUT2D eigenvalue weighted by atomic mass is 9.85. The highest BCUT2D eigenvalue weighted by Crippen LogP contribution is 2.38. The normalized spacial score (nSPS) is 19.5. The van der Waals surface area contributed by atoms with Gasteiger partial charge in [0.1, 0.15) is 11.4 Å². The van der Waals surface area contributed by atoms with Crippen molar-refractivity contribution in [2.45, 2.75) is 39.2 Å². The largest absolute Gasteiger partial charge is 0.356 e. The predicted molar refractivity (Wildman–Crippen MR) is 110 cm³/mol. The van der Waals surface area contributed by atoms with Crippen molar-refractivity contribution in [1.82, 2.24) is 14.8 Å². The fraction of sp³-hybridized carbons (Fsp3) is 0.500. The molecule has 0 atom stereocenters. The first-order valence-corrected chi connectivity index (χ1v) is 10.2. The number of benzene rings is 1. The average molecular weight is 380 g/mol. The zero-order valence-electron chi connectivity index (χ0n) is 16.9. The number of imide groups is 1. The number of hydrogen-bond acceptors (Lipinski definition) is 4. The molecule has 0 aliphatic carbocycles. The maximum Gasteiger partial charge on any atom is 0.327 e. The topological polar surface area (TPSA) is 56.8 Å². The Morgan fingerprint density at radius 3 is 2.46 bits per heavy atom. The number of nitrogens with zero attached hydrogens (tertiary/aromatic N) is 4. The molecule has 2 aliphatic heterocycles. The highest BCUT2D eigenvalue weighted by atomic mass is 16.2. The summed E-state index contributed by atoms with van der Waals surface area (Å²) in [6.07, 6.45) is 1.30. The van der Waals surface area contributed by atoms with Crippen LogP contribution in [0.3, 0.4) is 0 Å². The van der Waals surface area contributed by atoms with Crippen LogP contribution in [0.1, 0.15) is 33.6 Å². The number of rotatable bonds is 4. The summed E-state index contributed by atoms with van der Waals surface area (Å²) in [4.78, 5) is 36.3. The van der Waals surface area contributed by atoms with E-state index in [1.807, 2.05) is 36.1 Å². The Morgan fingerprint density at radius 1 is 1.07 bits per heavy atom. The van der Waals surface area contributed by atoms with E-state index in [9.17, 15) is 9.59 Å². The zero-order chi connectivity index (χ0) is 19.9. The molecule has 0 radical (unpaired) electrons. The van der Waals surface area contributed by atoms with Gasteiger partial charge in [0.2, 0.25) is 0 Å². The van der Waals surface area contributed by atoms with Gasteiger partial charge in [-0.1, -0.05) is 32.0 Å². The summed E-state index contributed by atoms with van der Waals surface area (Å²) in [6, 6.07) is 12.1. The van der Waals surface area contributed by atoms with E-state index in [0.29, 0.717) is 31.8 Å². The van der Waals surface area contributed by atoms with Crippen LogP contribution in [0.15, 0.2) is 36.4 Å². The molecule has 3 amide bonds. The summed E-state index contributed by atoms with van der Waals surface area (Å²) in [5.41, 5.74) is 0.288. The Balaban J connectivity index is 1.58. The molecule has 28 heavy (non-hydrogen) atoms. The van der Waals surface area contributed by atoms with Gasteiger partial charge in [-0.2, -0.15) is 0 Å². The first kappa shape index (κ1) is 18.7. The second-order valence-corrected chi connectivity index (χ2v) is 8.22. The summed E-state index contributed by atoms with van der Waals surface area (Å²) in [6.45, 7) is 8.55. The number of piperidine rings is 1. The van der Waals surface area contributed by atoms with E-state index in [1.165, 1.54) is 4.90 Å². The molecule has 2 aliphatic rings. The Labute approximate surface area is 166 Å². The molecule has 6 nitrogen and oxygen atoms in total. The van der Waals surface area contributed by atoms with E-state index < -0.39 is 5.54 Å². The standard InChI is InChI=1S/C22H28N4O2/c1-4-25-20(27)22(26(21(25)28)15-16(2)3)11-13-24(14-12-22)19-10-9-17-7-5-6-8-18(17)23-19/h5-10,16H,4,11-15H2,1-3H3. The number of amides is 3. The van der Waals surface area contributed by atoms with Crippen molar-refractivity contribution in [3.05, 3.63) is 36.4 Å². The number of urea groups is 1. The lowest BCUT2D eigenvalue weighted by Gasteiger charge is -2.43. The van der Waals surface area contributed by atoms with Gasteiger partial charge in [0.25, 0.3) is 5.91 Å². The van der Waals surface area contributed by atoms with Crippen LogP contribution in [-0.4, -0.2) is 58.4 Å². The fourth-order valence-corrected chi connectivity index (χ4v) is 4.50. The van der Waals surface area contributed by atoms with Gasteiger partial charge in [-0.15, -0.1) is 0 Å². The van der Waals surface area contributed by atoms with Gasteiger partial charge in [0, 0.05) is 31.6 Å². The smallest absolute Gasteiger partial charge is 0.327 e. The molecule has 2 saturated heterocycles. The molecule has 3 heterocycles. The Morgan fingerprint density at radius 2 is 1.79 bits per heavy atom. The maximum absolute atomic E-state index is 13.2. The first-order valence-electron chi connectivity index (χ1n) is 10.2. The number of fused-ring (bicyclic) bond motifs is 1. The third kappa shape index (κ3) is 2.91. The third-order valence-corrected chi connectivity index (χ3v) is 5.98. The molecular formula is C22H28N4O2. The molecule has 4 rings (SSSR count). The van der Waals surface area contributed by atoms with Crippen molar-refractivity contribution in [2.24, 2.45) is 5.92 Å². The van der Waals surface area contributed by atoms with E-state index in [1.54, 1.807) is 0 Å². The summed E-state index contributed by atoms with van der Waals surface area (Å²) in [7, 11) is 0. The lowest BCUT2D eigenvalue weighted by Crippen LogP contribution is -2.57. The molecular weight excluding hydrogens is 352 g/mol. The fourth-order valence-electron chi connectivity index (χ4n) is 4.50. The van der Waals surface area contributed by atoms with E-state index in [4.69, 9.17) is 4.98 Å². The zero-order valence-corrected chi connectivity index (χ0v) is 16.9. The van der Waals surface area contributed by atoms with Gasteiger partial charge in [0.15, 0.2) is 0 Å². The number of para-hydroxylation sites is 1. The predicted octanol–water partition coefficient (Wildman–Crippen LogP) is 3.51. The summed E-state index contributed by atoms with van der Waals surface area (Å²) in [5, 5.41) is 1.12. The van der Waals surface area contributed by atoms with E-state index in [-0.39, 0.29) is 11.9 Å². The SMILES string of the molecule is CCN1C(=O)N(CC(C)C)C2(CCN(c3ccc4ccccc4n3)CC2)C1=O. The summed E-state index contributed by atoms with van der Waals surface area (Å²) < 4.78 is 0. The highest BCUT2D eigenvalue weighted by molar-refractivity contribution is 6.07. The number of likely N-dealkylation sites (N-methyl/N-ethyl adjacent to an activating group) is 1. The van der Waals surface area contributed by atoms with Crippen LogP contribution in [0.2, 0.25) is 0 Å². The Hall–Kier alpha value is -2.63. The summed E-state index contributed by atoms with van der Waals surface area (Å²) in [5.74, 6) is 1.24. The quantitative estimate of drug-likeness (QED) is 0.762. The molecule has 1 spiro atoms. The van der Waals surface area contributed by atoms with Crippen LogP contribution in [-0.2, 0) is 4.79 Å². The minimum absolute atomic E-state index is 0.0215.